The van der Waals surface area contributed by atoms with Crippen molar-refractivity contribution < 1.29 is 4.79 Å². The topological polar surface area (TPSA) is 23.6 Å². The first-order chi connectivity index (χ1) is 10.1. The van der Waals surface area contributed by atoms with Gasteiger partial charge >= 0.3 is 0 Å². The molecule has 0 aromatic heterocycles. The molecule has 1 aliphatic rings. The Morgan fingerprint density at radius 2 is 1.86 bits per heavy atom. The van der Waals surface area contributed by atoms with Crippen molar-refractivity contribution in [1.29, 1.82) is 0 Å². The molecule has 0 aliphatic carbocycles. The zero-order chi connectivity index (χ0) is 15.2. The number of carbonyl (C=O) groups is 1. The lowest BCUT2D eigenvalue weighted by molar-refractivity contribution is 0.0716. The molecule has 1 unspecified atom stereocenters. The van der Waals surface area contributed by atoms with E-state index in [2.05, 4.69) is 30.8 Å². The number of Topliss-reactive ketones (excluding diaryl/α,β-unsaturated/α-hetero) is 1. The summed E-state index contributed by atoms with van der Waals surface area (Å²) in [5, 5.41) is 0. The largest absolute Gasteiger partial charge is 0.309 e. The van der Waals surface area contributed by atoms with E-state index in [1.165, 1.54) is 12.8 Å². The number of likely N-dealkylation sites (tertiary alicyclic amines) is 1. The van der Waals surface area contributed by atoms with Crippen LogP contribution in [0.3, 0.4) is 0 Å². The molecule has 3 heteroatoms. The van der Waals surface area contributed by atoms with Gasteiger partial charge in [-0.05, 0) is 52.4 Å². The molecule has 1 aromatic carbocycles. The quantitative estimate of drug-likeness (QED) is 0.752. The summed E-state index contributed by atoms with van der Waals surface area (Å²) in [4.78, 5) is 17.3. The second kappa shape index (κ2) is 7.71. The molecular formula is C18H28N2O. The van der Waals surface area contributed by atoms with E-state index in [0.29, 0.717) is 0 Å². The molecule has 0 amide bonds. The van der Waals surface area contributed by atoms with Crippen LogP contribution >= 0.6 is 0 Å². The number of benzene rings is 1. The first kappa shape index (κ1) is 16.2. The van der Waals surface area contributed by atoms with Crippen molar-refractivity contribution in [2.75, 3.05) is 33.7 Å². The summed E-state index contributed by atoms with van der Waals surface area (Å²) in [6.45, 7) is 5.39. The van der Waals surface area contributed by atoms with Gasteiger partial charge in [-0.1, -0.05) is 37.3 Å². The predicted molar refractivity (Wildman–Crippen MR) is 87.7 cm³/mol. The third kappa shape index (κ3) is 4.39. The Morgan fingerprint density at radius 1 is 1.24 bits per heavy atom. The number of ketones is 1. The molecule has 0 spiro atoms. The molecular weight excluding hydrogens is 260 g/mol. The summed E-state index contributed by atoms with van der Waals surface area (Å²) >= 11 is 0. The molecule has 21 heavy (non-hydrogen) atoms. The highest BCUT2D eigenvalue weighted by Crippen LogP contribution is 2.22. The fourth-order valence-electron chi connectivity index (χ4n) is 3.37. The fourth-order valence-corrected chi connectivity index (χ4v) is 3.37. The van der Waals surface area contributed by atoms with Gasteiger partial charge in [0.1, 0.15) is 0 Å². The first-order valence-corrected chi connectivity index (χ1v) is 8.09. The maximum atomic E-state index is 12.7. The zero-order valence-electron chi connectivity index (χ0n) is 13.6. The van der Waals surface area contributed by atoms with Gasteiger partial charge in [-0.3, -0.25) is 9.69 Å². The molecule has 0 bridgehead atoms. The molecule has 3 nitrogen and oxygen atoms in total. The van der Waals surface area contributed by atoms with Gasteiger partial charge in [-0.2, -0.15) is 0 Å². The molecule has 1 aromatic rings. The van der Waals surface area contributed by atoms with Crippen molar-refractivity contribution in [2.45, 2.75) is 32.2 Å². The maximum Gasteiger partial charge on any atom is 0.179 e. The molecule has 2 rings (SSSR count). The second-order valence-corrected chi connectivity index (χ2v) is 6.40. The molecule has 0 saturated carbocycles. The van der Waals surface area contributed by atoms with Crippen molar-refractivity contribution in [1.82, 2.24) is 9.80 Å². The van der Waals surface area contributed by atoms with Crippen molar-refractivity contribution >= 4 is 5.78 Å². The standard InChI is InChI=1S/C18H28N2O/c1-4-17(18(21)16-8-6-5-7-9-16)20-12-10-15(11-13-20)14-19(2)3/h5-9,15,17H,4,10-14H2,1-3H3. The van der Waals surface area contributed by atoms with Crippen LogP contribution in [0.25, 0.3) is 0 Å². The number of carbonyl (C=O) groups excluding carboxylic acids is 1. The Bertz CT molecular complexity index is 436. The van der Waals surface area contributed by atoms with Crippen LogP contribution in [0.4, 0.5) is 0 Å². The van der Waals surface area contributed by atoms with Gasteiger partial charge < -0.3 is 4.90 Å². The number of piperidine rings is 1. The lowest BCUT2D eigenvalue weighted by Gasteiger charge is -2.37. The van der Waals surface area contributed by atoms with Crippen LogP contribution in [0.15, 0.2) is 30.3 Å². The smallest absolute Gasteiger partial charge is 0.179 e. The minimum atomic E-state index is 0.0488. The summed E-state index contributed by atoms with van der Waals surface area (Å²) in [5.41, 5.74) is 0.847. The fraction of sp³-hybridized carbons (Fsp3) is 0.611. The van der Waals surface area contributed by atoms with Gasteiger partial charge in [0.15, 0.2) is 5.78 Å². The lowest BCUT2D eigenvalue weighted by atomic mass is 9.93. The number of hydrogen-bond acceptors (Lipinski definition) is 3. The Labute approximate surface area is 128 Å². The third-order valence-electron chi connectivity index (χ3n) is 4.46. The predicted octanol–water partition coefficient (Wildman–Crippen LogP) is 2.92. The summed E-state index contributed by atoms with van der Waals surface area (Å²) in [7, 11) is 4.28. The Kier molecular flexibility index (Phi) is 5.95. The van der Waals surface area contributed by atoms with E-state index < -0.39 is 0 Å². The maximum absolute atomic E-state index is 12.7. The molecule has 0 radical (unpaired) electrons. The number of nitrogens with zero attached hydrogens (tertiary/aromatic N) is 2. The molecule has 1 saturated heterocycles. The Morgan fingerprint density at radius 3 is 2.38 bits per heavy atom. The second-order valence-electron chi connectivity index (χ2n) is 6.40. The van der Waals surface area contributed by atoms with E-state index in [1.807, 2.05) is 30.3 Å². The van der Waals surface area contributed by atoms with Gasteiger partial charge in [0.25, 0.3) is 0 Å². The van der Waals surface area contributed by atoms with E-state index in [4.69, 9.17) is 0 Å². The molecule has 1 heterocycles. The van der Waals surface area contributed by atoms with Crippen molar-refractivity contribution in [3.8, 4) is 0 Å². The molecule has 1 fully saturated rings. The minimum absolute atomic E-state index is 0.0488. The van der Waals surface area contributed by atoms with Gasteiger partial charge in [0, 0.05) is 12.1 Å². The number of rotatable bonds is 6. The highest BCUT2D eigenvalue weighted by molar-refractivity contribution is 6.00. The van der Waals surface area contributed by atoms with Crippen LogP contribution in [0.2, 0.25) is 0 Å². The van der Waals surface area contributed by atoms with Gasteiger partial charge in [-0.15, -0.1) is 0 Å². The van der Waals surface area contributed by atoms with Crippen molar-refractivity contribution in [3.63, 3.8) is 0 Å². The van der Waals surface area contributed by atoms with E-state index >= 15 is 0 Å². The van der Waals surface area contributed by atoms with Gasteiger partial charge in [0.05, 0.1) is 6.04 Å². The third-order valence-corrected chi connectivity index (χ3v) is 4.46. The normalized spacial score (nSPS) is 18.9. The lowest BCUT2D eigenvalue weighted by Crippen LogP contribution is -2.46. The minimum Gasteiger partial charge on any atom is -0.309 e. The zero-order valence-corrected chi connectivity index (χ0v) is 13.6. The van der Waals surface area contributed by atoms with Crippen molar-refractivity contribution in [3.05, 3.63) is 35.9 Å². The van der Waals surface area contributed by atoms with E-state index in [-0.39, 0.29) is 11.8 Å². The molecule has 1 atom stereocenters. The van der Waals surface area contributed by atoms with Crippen LogP contribution < -0.4 is 0 Å². The highest BCUT2D eigenvalue weighted by atomic mass is 16.1. The van der Waals surface area contributed by atoms with Crippen LogP contribution in [-0.2, 0) is 0 Å². The van der Waals surface area contributed by atoms with Crippen LogP contribution in [0, 0.1) is 5.92 Å². The number of hydrogen-bond donors (Lipinski definition) is 0. The first-order valence-electron chi connectivity index (χ1n) is 8.09. The summed E-state index contributed by atoms with van der Waals surface area (Å²) in [6, 6.07) is 9.78. The average Bonchev–Trinajstić information content (AvgIpc) is 2.50. The van der Waals surface area contributed by atoms with Crippen LogP contribution in [0.5, 0.6) is 0 Å². The molecule has 1 aliphatic heterocycles. The van der Waals surface area contributed by atoms with E-state index in [1.54, 1.807) is 0 Å². The van der Waals surface area contributed by atoms with Crippen molar-refractivity contribution in [2.24, 2.45) is 5.92 Å². The summed E-state index contributed by atoms with van der Waals surface area (Å²) < 4.78 is 0. The molecule has 0 N–H and O–H groups in total. The highest BCUT2D eigenvalue weighted by Gasteiger charge is 2.29. The van der Waals surface area contributed by atoms with Gasteiger partial charge in [0.2, 0.25) is 0 Å². The summed E-state index contributed by atoms with van der Waals surface area (Å²) in [6.07, 6.45) is 3.31. The van der Waals surface area contributed by atoms with Crippen LogP contribution in [0.1, 0.15) is 36.5 Å². The van der Waals surface area contributed by atoms with Gasteiger partial charge in [-0.25, -0.2) is 0 Å². The molecule has 116 valence electrons. The average molecular weight is 288 g/mol. The monoisotopic (exact) mass is 288 g/mol. The van der Waals surface area contributed by atoms with Crippen LogP contribution in [-0.4, -0.2) is 55.4 Å². The Hall–Kier alpha value is -1.19. The SMILES string of the molecule is CCC(C(=O)c1ccccc1)N1CCC(CN(C)C)CC1. The summed E-state index contributed by atoms with van der Waals surface area (Å²) in [5.74, 6) is 1.06. The van der Waals surface area contributed by atoms with E-state index in [0.717, 1.165) is 37.5 Å². The van der Waals surface area contributed by atoms with E-state index in [9.17, 15) is 4.79 Å². The Balaban J connectivity index is 1.95.